The van der Waals surface area contributed by atoms with Crippen LogP contribution in [0.5, 0.6) is 0 Å². The largest absolute Gasteiger partial charge is 0.344 e. The second-order valence-electron chi connectivity index (χ2n) is 16.5. The van der Waals surface area contributed by atoms with Crippen LogP contribution in [0.4, 0.5) is 34.4 Å². The molecule has 5 aromatic heterocycles. The predicted octanol–water partition coefficient (Wildman–Crippen LogP) is 15.5. The lowest BCUT2D eigenvalue weighted by Crippen LogP contribution is -2.12. The van der Waals surface area contributed by atoms with Gasteiger partial charge >= 0.3 is 0 Å². The second-order valence-corrected chi connectivity index (χ2v) is 16.5. The first-order chi connectivity index (χ1) is 33.6. The Bertz CT molecular complexity index is 2980. The first-order valence-corrected chi connectivity index (χ1v) is 22.7. The van der Waals surface area contributed by atoms with Gasteiger partial charge in [-0.1, -0.05) is 146 Å². The highest BCUT2D eigenvalue weighted by Gasteiger charge is 2.19. The third-order valence-corrected chi connectivity index (χ3v) is 12.3. The van der Waals surface area contributed by atoms with E-state index in [1.54, 1.807) is 0 Å². The first kappa shape index (κ1) is 41.5. The Morgan fingerprint density at radius 3 is 0.926 bits per heavy atom. The fourth-order valence-corrected chi connectivity index (χ4v) is 8.72. The Morgan fingerprint density at radius 2 is 0.603 bits per heavy atom. The maximum atomic E-state index is 4.99. The van der Waals surface area contributed by atoms with Gasteiger partial charge in [0.25, 0.3) is 0 Å². The molecule has 0 atom stereocenters. The number of aromatic nitrogens is 5. The van der Waals surface area contributed by atoms with Crippen molar-refractivity contribution in [3.05, 3.63) is 255 Å². The third kappa shape index (κ3) is 8.55. The number of anilines is 6. The van der Waals surface area contributed by atoms with Crippen LogP contribution in [0.15, 0.2) is 255 Å². The zero-order valence-corrected chi connectivity index (χ0v) is 37.4. The number of hydrogen-bond donors (Lipinski definition) is 0. The molecular weight excluding hydrogens is 831 g/mol. The summed E-state index contributed by atoms with van der Waals surface area (Å²) in [5.41, 5.74) is 16.6. The molecule has 0 saturated heterocycles. The van der Waals surface area contributed by atoms with Gasteiger partial charge < -0.3 is 4.57 Å². The van der Waals surface area contributed by atoms with Crippen molar-refractivity contribution in [1.29, 1.82) is 0 Å². The van der Waals surface area contributed by atoms with Gasteiger partial charge in [-0.05, 0) is 107 Å². The number of rotatable bonds is 12. The first-order valence-electron chi connectivity index (χ1n) is 22.7. The van der Waals surface area contributed by atoms with Crippen molar-refractivity contribution in [2.45, 2.75) is 0 Å². The highest BCUT2D eigenvalue weighted by atomic mass is 15.2. The van der Waals surface area contributed by atoms with Crippen molar-refractivity contribution < 1.29 is 0 Å². The van der Waals surface area contributed by atoms with E-state index in [2.05, 4.69) is 179 Å². The summed E-state index contributed by atoms with van der Waals surface area (Å²) in [6.07, 6.45) is 7.73. The maximum absolute atomic E-state index is 4.99. The normalized spacial score (nSPS) is 11.0. The van der Waals surface area contributed by atoms with Gasteiger partial charge in [0, 0.05) is 64.5 Å². The molecule has 0 fully saturated rings. The van der Waals surface area contributed by atoms with Crippen molar-refractivity contribution in [3.8, 4) is 67.3 Å². The standard InChI is InChI=1S/C61H45N7/c1-66-58(48-22-28-52(29-23-48)67(54-32-34-56(62-42-54)46-18-10-4-11-19-46)60-38-26-50(40-64-60)44-14-6-2-7-15-44)36-37-59(66)49-24-30-53(31-25-49)68(55-33-35-57(63-43-55)47-20-12-5-13-21-47)61-39-27-51(41-65-61)45-16-8-3-9-17-45/h2-43H,1H3. The SMILES string of the molecule is Cn1c(-c2ccc(N(c3ccc(-c4ccccc4)nc3)c3ccc(-c4ccccc4)cn3)cc2)ccc1-c1ccc(N(c2ccc(-c3ccccc3)nc2)c2ccc(-c3ccccc3)cn2)cc1. The Hall–Kier alpha value is -9.20. The van der Waals surface area contributed by atoms with Crippen LogP contribution in [-0.4, -0.2) is 24.5 Å². The van der Waals surface area contributed by atoms with E-state index in [1.807, 2.05) is 97.6 Å². The Kier molecular flexibility index (Phi) is 11.4. The topological polar surface area (TPSA) is 63.0 Å². The number of nitrogens with zero attached hydrogens (tertiary/aromatic N) is 7. The zero-order valence-electron chi connectivity index (χ0n) is 37.4. The van der Waals surface area contributed by atoms with Gasteiger partial charge in [-0.3, -0.25) is 19.8 Å². The van der Waals surface area contributed by atoms with Crippen molar-refractivity contribution in [2.75, 3.05) is 9.80 Å². The van der Waals surface area contributed by atoms with Gasteiger partial charge in [-0.15, -0.1) is 0 Å². The molecule has 0 bridgehead atoms. The molecule has 68 heavy (non-hydrogen) atoms. The van der Waals surface area contributed by atoms with E-state index in [1.165, 1.54) is 0 Å². The molecule has 0 spiro atoms. The van der Waals surface area contributed by atoms with Gasteiger partial charge in [0.05, 0.1) is 35.2 Å². The molecule has 11 aromatic rings. The summed E-state index contributed by atoms with van der Waals surface area (Å²) in [6, 6.07) is 79.7. The second kappa shape index (κ2) is 18.7. The molecule has 0 N–H and O–H groups in total. The molecule has 0 aliphatic carbocycles. The average Bonchev–Trinajstić information content (AvgIpc) is 3.81. The lowest BCUT2D eigenvalue weighted by atomic mass is 10.1. The minimum atomic E-state index is 0.801. The molecule has 0 radical (unpaired) electrons. The van der Waals surface area contributed by atoms with Crippen molar-refractivity contribution in [2.24, 2.45) is 7.05 Å². The molecule has 0 aliphatic rings. The molecule has 0 amide bonds. The van der Waals surface area contributed by atoms with Crippen molar-refractivity contribution in [3.63, 3.8) is 0 Å². The van der Waals surface area contributed by atoms with Crippen LogP contribution in [0.2, 0.25) is 0 Å². The minimum Gasteiger partial charge on any atom is -0.344 e. The van der Waals surface area contributed by atoms with Gasteiger partial charge in [0.15, 0.2) is 0 Å². The van der Waals surface area contributed by atoms with E-state index in [0.29, 0.717) is 0 Å². The Labute approximate surface area is 396 Å². The molecular formula is C61H45N7. The molecule has 11 rings (SSSR count). The van der Waals surface area contributed by atoms with Gasteiger partial charge in [0.2, 0.25) is 0 Å². The quantitative estimate of drug-likeness (QED) is 0.122. The van der Waals surface area contributed by atoms with Crippen LogP contribution in [0.3, 0.4) is 0 Å². The van der Waals surface area contributed by atoms with Crippen LogP contribution >= 0.6 is 0 Å². The summed E-state index contributed by atoms with van der Waals surface area (Å²) in [5, 5.41) is 0. The summed E-state index contributed by atoms with van der Waals surface area (Å²) in [5.74, 6) is 1.60. The Morgan fingerprint density at radius 1 is 0.265 bits per heavy atom. The van der Waals surface area contributed by atoms with E-state index in [4.69, 9.17) is 19.9 Å². The van der Waals surface area contributed by atoms with E-state index < -0.39 is 0 Å². The summed E-state index contributed by atoms with van der Waals surface area (Å²) in [7, 11) is 2.13. The van der Waals surface area contributed by atoms with Crippen LogP contribution in [0, 0.1) is 0 Å². The minimum absolute atomic E-state index is 0.801. The molecule has 0 aliphatic heterocycles. The molecule has 5 heterocycles. The summed E-state index contributed by atoms with van der Waals surface area (Å²) in [4.78, 5) is 24.1. The van der Waals surface area contributed by atoms with Crippen LogP contribution in [0.25, 0.3) is 67.3 Å². The maximum Gasteiger partial charge on any atom is 0.137 e. The van der Waals surface area contributed by atoms with Crippen LogP contribution < -0.4 is 9.80 Å². The van der Waals surface area contributed by atoms with Crippen molar-refractivity contribution in [1.82, 2.24) is 24.5 Å². The Balaban J connectivity index is 0.882. The fraction of sp³-hybridized carbons (Fsp3) is 0.0164. The number of pyridine rings is 4. The molecule has 6 aromatic carbocycles. The summed E-state index contributed by atoms with van der Waals surface area (Å²) < 4.78 is 2.26. The molecule has 7 heteroatoms. The van der Waals surface area contributed by atoms with Crippen LogP contribution in [0.1, 0.15) is 0 Å². The highest BCUT2D eigenvalue weighted by molar-refractivity contribution is 5.81. The highest BCUT2D eigenvalue weighted by Crippen LogP contribution is 2.39. The molecule has 0 unspecified atom stereocenters. The molecule has 0 saturated carbocycles. The molecule has 7 nitrogen and oxygen atoms in total. The monoisotopic (exact) mass is 875 g/mol. The van der Waals surface area contributed by atoms with Gasteiger partial charge in [-0.25, -0.2) is 9.97 Å². The lowest BCUT2D eigenvalue weighted by molar-refractivity contribution is 0.946. The summed E-state index contributed by atoms with van der Waals surface area (Å²) in [6.45, 7) is 0. The van der Waals surface area contributed by atoms with E-state index in [9.17, 15) is 0 Å². The van der Waals surface area contributed by atoms with E-state index in [-0.39, 0.29) is 0 Å². The third-order valence-electron chi connectivity index (χ3n) is 12.3. The van der Waals surface area contributed by atoms with Gasteiger partial charge in [0.1, 0.15) is 11.6 Å². The van der Waals surface area contributed by atoms with E-state index in [0.717, 1.165) is 102 Å². The van der Waals surface area contributed by atoms with E-state index >= 15 is 0 Å². The zero-order chi connectivity index (χ0) is 45.7. The van der Waals surface area contributed by atoms with Crippen LogP contribution in [-0.2, 0) is 7.05 Å². The smallest absolute Gasteiger partial charge is 0.137 e. The number of hydrogen-bond acceptors (Lipinski definition) is 6. The molecule has 324 valence electrons. The summed E-state index contributed by atoms with van der Waals surface area (Å²) >= 11 is 0. The van der Waals surface area contributed by atoms with Gasteiger partial charge in [-0.2, -0.15) is 0 Å². The van der Waals surface area contributed by atoms with Crippen molar-refractivity contribution >= 4 is 34.4 Å². The number of benzene rings is 6. The lowest BCUT2D eigenvalue weighted by Gasteiger charge is -2.25. The fourth-order valence-electron chi connectivity index (χ4n) is 8.72. The average molecular weight is 876 g/mol. The predicted molar refractivity (Wildman–Crippen MR) is 279 cm³/mol.